The largest absolute Gasteiger partial charge is 0.508 e. The molecule has 0 saturated heterocycles. The molecular weight excluding hydrogens is 340 g/mol. The fourth-order valence-corrected chi connectivity index (χ4v) is 2.34. The van der Waals surface area contributed by atoms with Crippen LogP contribution >= 0.6 is 0 Å². The predicted molar refractivity (Wildman–Crippen MR) is 93.5 cm³/mol. The highest BCUT2D eigenvalue weighted by Gasteiger charge is 2.08. The molecule has 8 heteroatoms. The summed E-state index contributed by atoms with van der Waals surface area (Å²) in [6.07, 6.45) is 0. The minimum atomic E-state index is -1.06. The second kappa shape index (κ2) is 8.84. The molecule has 2 aromatic carbocycles. The summed E-state index contributed by atoms with van der Waals surface area (Å²) in [5.41, 5.74) is 1.17. The normalized spacial score (nSPS) is 10.6. The van der Waals surface area contributed by atoms with Crippen molar-refractivity contribution in [3.8, 4) is 11.5 Å². The van der Waals surface area contributed by atoms with Crippen LogP contribution in [0.15, 0.2) is 36.4 Å². The number of carboxylic acid groups (broad SMARTS) is 2. The van der Waals surface area contributed by atoms with Crippen molar-refractivity contribution in [1.82, 2.24) is 10.6 Å². The van der Waals surface area contributed by atoms with Gasteiger partial charge in [0.1, 0.15) is 11.5 Å². The number of aromatic hydroxyl groups is 2. The summed E-state index contributed by atoms with van der Waals surface area (Å²) >= 11 is 0. The van der Waals surface area contributed by atoms with E-state index in [4.69, 9.17) is 10.2 Å². The highest BCUT2D eigenvalue weighted by atomic mass is 16.4. The monoisotopic (exact) mass is 360 g/mol. The molecule has 0 heterocycles. The molecule has 8 nitrogen and oxygen atoms in total. The molecule has 0 aliphatic heterocycles. The Labute approximate surface area is 149 Å². The summed E-state index contributed by atoms with van der Waals surface area (Å²) in [6.45, 7) is 1.65. The van der Waals surface area contributed by atoms with Crippen LogP contribution < -0.4 is 10.6 Å². The van der Waals surface area contributed by atoms with Gasteiger partial charge in [0.25, 0.3) is 0 Å². The molecule has 0 aliphatic rings. The van der Waals surface area contributed by atoms with E-state index in [2.05, 4.69) is 10.6 Å². The molecule has 0 fully saturated rings. The Morgan fingerprint density at radius 2 is 1.12 bits per heavy atom. The van der Waals surface area contributed by atoms with Crippen molar-refractivity contribution < 1.29 is 30.0 Å². The van der Waals surface area contributed by atoms with Crippen molar-refractivity contribution in [2.45, 2.75) is 13.1 Å². The second-order valence-electron chi connectivity index (χ2n) is 5.65. The van der Waals surface area contributed by atoms with Gasteiger partial charge in [-0.1, -0.05) is 0 Å². The first kappa shape index (κ1) is 19.2. The zero-order valence-electron chi connectivity index (χ0n) is 13.9. The van der Waals surface area contributed by atoms with Crippen LogP contribution in [0.1, 0.15) is 31.8 Å². The summed E-state index contributed by atoms with van der Waals surface area (Å²) in [7, 11) is 0. The number of carbonyl (C=O) groups is 2. The molecule has 0 aliphatic carbocycles. The Morgan fingerprint density at radius 3 is 1.46 bits per heavy atom. The molecule has 0 bridgehead atoms. The standard InChI is InChI=1S/C18H20N2O6/c21-15-3-1-11(17(23)24)7-13(15)9-19-5-6-20-10-14-8-12(18(25)26)2-4-16(14)22/h1-4,7-8,19-22H,5-6,9-10H2,(H,23,24)(H,25,26). The van der Waals surface area contributed by atoms with Crippen LogP contribution in [0.3, 0.4) is 0 Å². The van der Waals surface area contributed by atoms with Crippen LogP contribution in [0.25, 0.3) is 0 Å². The molecule has 0 aromatic heterocycles. The number of hydrogen-bond acceptors (Lipinski definition) is 6. The van der Waals surface area contributed by atoms with E-state index in [1.54, 1.807) is 0 Å². The smallest absolute Gasteiger partial charge is 0.335 e. The maximum Gasteiger partial charge on any atom is 0.335 e. The lowest BCUT2D eigenvalue weighted by Crippen LogP contribution is -2.27. The molecule has 0 saturated carbocycles. The van der Waals surface area contributed by atoms with Crippen molar-refractivity contribution in [2.75, 3.05) is 13.1 Å². The zero-order chi connectivity index (χ0) is 19.1. The lowest BCUT2D eigenvalue weighted by atomic mass is 10.1. The van der Waals surface area contributed by atoms with E-state index in [1.807, 2.05) is 0 Å². The van der Waals surface area contributed by atoms with Gasteiger partial charge in [-0.25, -0.2) is 9.59 Å². The Bertz CT molecular complexity index is 739. The van der Waals surface area contributed by atoms with Gasteiger partial charge in [-0.2, -0.15) is 0 Å². The van der Waals surface area contributed by atoms with Crippen LogP contribution in [-0.4, -0.2) is 45.5 Å². The molecular formula is C18H20N2O6. The van der Waals surface area contributed by atoms with Gasteiger partial charge in [-0.15, -0.1) is 0 Å². The molecule has 138 valence electrons. The number of carboxylic acids is 2. The van der Waals surface area contributed by atoms with Crippen molar-refractivity contribution in [3.05, 3.63) is 58.7 Å². The zero-order valence-corrected chi connectivity index (χ0v) is 13.9. The van der Waals surface area contributed by atoms with E-state index in [0.717, 1.165) is 0 Å². The maximum absolute atomic E-state index is 10.9. The van der Waals surface area contributed by atoms with E-state index >= 15 is 0 Å². The molecule has 0 spiro atoms. The summed E-state index contributed by atoms with van der Waals surface area (Å²) in [5.74, 6) is -2.08. The number of nitrogens with one attached hydrogen (secondary N) is 2. The fraction of sp³-hybridized carbons (Fsp3) is 0.222. The van der Waals surface area contributed by atoms with Gasteiger partial charge in [0.15, 0.2) is 0 Å². The highest BCUT2D eigenvalue weighted by molar-refractivity contribution is 5.88. The van der Waals surface area contributed by atoms with Gasteiger partial charge in [-0.05, 0) is 36.4 Å². The van der Waals surface area contributed by atoms with Gasteiger partial charge in [0.05, 0.1) is 11.1 Å². The van der Waals surface area contributed by atoms with Crippen LogP contribution in [0.2, 0.25) is 0 Å². The van der Waals surface area contributed by atoms with E-state index < -0.39 is 11.9 Å². The van der Waals surface area contributed by atoms with E-state index in [9.17, 15) is 19.8 Å². The van der Waals surface area contributed by atoms with Crippen LogP contribution in [-0.2, 0) is 13.1 Å². The number of phenolic OH excluding ortho intramolecular Hbond substituents is 2. The Balaban J connectivity index is 1.78. The number of hydrogen-bond donors (Lipinski definition) is 6. The fourth-order valence-electron chi connectivity index (χ4n) is 2.34. The maximum atomic E-state index is 10.9. The molecule has 0 radical (unpaired) electrons. The van der Waals surface area contributed by atoms with E-state index in [0.29, 0.717) is 37.3 Å². The molecule has 2 rings (SSSR count). The van der Waals surface area contributed by atoms with Crippen molar-refractivity contribution in [1.29, 1.82) is 0 Å². The topological polar surface area (TPSA) is 139 Å². The van der Waals surface area contributed by atoms with E-state index in [1.165, 1.54) is 36.4 Å². The Kier molecular flexibility index (Phi) is 6.54. The first-order valence-corrected chi connectivity index (χ1v) is 7.90. The minimum absolute atomic E-state index is 0.0193. The second-order valence-corrected chi connectivity index (χ2v) is 5.65. The van der Waals surface area contributed by atoms with Crippen LogP contribution in [0.4, 0.5) is 0 Å². The van der Waals surface area contributed by atoms with Crippen LogP contribution in [0.5, 0.6) is 11.5 Å². The van der Waals surface area contributed by atoms with E-state index in [-0.39, 0.29) is 22.6 Å². The van der Waals surface area contributed by atoms with Gasteiger partial charge in [-0.3, -0.25) is 0 Å². The van der Waals surface area contributed by atoms with Gasteiger partial charge in [0.2, 0.25) is 0 Å². The average molecular weight is 360 g/mol. The highest BCUT2D eigenvalue weighted by Crippen LogP contribution is 2.19. The molecule has 0 atom stereocenters. The summed E-state index contributed by atoms with van der Waals surface area (Å²) in [5, 5.41) is 43.5. The summed E-state index contributed by atoms with van der Waals surface area (Å²) in [4.78, 5) is 21.9. The third-order valence-electron chi connectivity index (χ3n) is 3.76. The molecule has 2 aromatic rings. The molecule has 0 amide bonds. The van der Waals surface area contributed by atoms with Crippen molar-refractivity contribution in [2.24, 2.45) is 0 Å². The number of aromatic carboxylic acids is 2. The minimum Gasteiger partial charge on any atom is -0.508 e. The van der Waals surface area contributed by atoms with Crippen LogP contribution in [0, 0.1) is 0 Å². The first-order chi connectivity index (χ1) is 12.4. The SMILES string of the molecule is O=C(O)c1ccc(O)c(CNCCNCc2cc(C(=O)O)ccc2O)c1. The van der Waals surface area contributed by atoms with Crippen molar-refractivity contribution >= 4 is 11.9 Å². The first-order valence-electron chi connectivity index (χ1n) is 7.90. The van der Waals surface area contributed by atoms with Gasteiger partial charge >= 0.3 is 11.9 Å². The third-order valence-corrected chi connectivity index (χ3v) is 3.76. The molecule has 0 unspecified atom stereocenters. The van der Waals surface area contributed by atoms with Gasteiger partial charge in [0, 0.05) is 37.3 Å². The molecule has 6 N–H and O–H groups in total. The molecule has 26 heavy (non-hydrogen) atoms. The van der Waals surface area contributed by atoms with Crippen molar-refractivity contribution in [3.63, 3.8) is 0 Å². The quantitative estimate of drug-likeness (QED) is 0.369. The number of phenols is 2. The lowest BCUT2D eigenvalue weighted by Gasteiger charge is -2.10. The Hall–Kier alpha value is -3.10. The third kappa shape index (κ3) is 5.20. The predicted octanol–water partition coefficient (Wildman–Crippen LogP) is 1.37. The lowest BCUT2D eigenvalue weighted by molar-refractivity contribution is 0.0686. The summed E-state index contributed by atoms with van der Waals surface area (Å²) in [6, 6.07) is 8.18. The number of benzene rings is 2. The Morgan fingerprint density at radius 1 is 0.731 bits per heavy atom. The summed E-state index contributed by atoms with van der Waals surface area (Å²) < 4.78 is 0. The van der Waals surface area contributed by atoms with Gasteiger partial charge < -0.3 is 31.1 Å². The number of rotatable bonds is 9. The average Bonchev–Trinajstić information content (AvgIpc) is 2.60.